The minimum atomic E-state index is -0.116. The number of aromatic nitrogens is 3. The number of pyridine rings is 1. The monoisotopic (exact) mass is 259 g/mol. The quantitative estimate of drug-likeness (QED) is 0.760. The normalized spacial score (nSPS) is 10.3. The molecule has 2 aromatic heterocycles. The Balaban J connectivity index is 1.65. The highest BCUT2D eigenvalue weighted by molar-refractivity contribution is 5.93. The molecule has 3 N–H and O–H groups in total. The van der Waals surface area contributed by atoms with Gasteiger partial charge in [-0.25, -0.2) is 9.97 Å². The molecule has 0 fully saturated rings. The number of nitrogen functional groups attached to an aromatic ring is 1. The van der Waals surface area contributed by atoms with Gasteiger partial charge in [-0.2, -0.15) is 0 Å². The summed E-state index contributed by atoms with van der Waals surface area (Å²) in [5, 5.41) is 2.85. The maximum absolute atomic E-state index is 11.7. The number of rotatable bonds is 6. The van der Waals surface area contributed by atoms with Gasteiger partial charge in [-0.3, -0.25) is 4.79 Å². The Kier molecular flexibility index (Phi) is 4.49. The van der Waals surface area contributed by atoms with Crippen LogP contribution in [0.3, 0.4) is 0 Å². The minimum Gasteiger partial charge on any atom is -0.384 e. The predicted molar refractivity (Wildman–Crippen MR) is 72.4 cm³/mol. The second-order valence-corrected chi connectivity index (χ2v) is 4.24. The van der Waals surface area contributed by atoms with E-state index < -0.39 is 0 Å². The summed E-state index contributed by atoms with van der Waals surface area (Å²) >= 11 is 0. The van der Waals surface area contributed by atoms with Crippen molar-refractivity contribution in [1.29, 1.82) is 0 Å². The Labute approximate surface area is 111 Å². The van der Waals surface area contributed by atoms with Crippen LogP contribution >= 0.6 is 0 Å². The summed E-state index contributed by atoms with van der Waals surface area (Å²) in [6.45, 7) is 1.57. The molecule has 0 bridgehead atoms. The zero-order chi connectivity index (χ0) is 13.5. The summed E-state index contributed by atoms with van der Waals surface area (Å²) in [7, 11) is 0. The molecule has 6 nitrogen and oxygen atoms in total. The highest BCUT2D eigenvalue weighted by Gasteiger charge is 2.04. The first-order chi connectivity index (χ1) is 9.25. The zero-order valence-corrected chi connectivity index (χ0v) is 10.6. The lowest BCUT2D eigenvalue weighted by Gasteiger charge is -2.05. The number of aryl methyl sites for hydroxylation is 1. The Morgan fingerprint density at radius 2 is 2.26 bits per heavy atom. The van der Waals surface area contributed by atoms with Crippen LogP contribution in [0, 0.1) is 0 Å². The highest BCUT2D eigenvalue weighted by atomic mass is 16.1. The first kappa shape index (κ1) is 13.1. The Hall–Kier alpha value is -2.37. The lowest BCUT2D eigenvalue weighted by atomic mass is 10.2. The van der Waals surface area contributed by atoms with E-state index in [2.05, 4.69) is 15.3 Å². The molecule has 1 amide bonds. The van der Waals surface area contributed by atoms with Crippen LogP contribution in [0.2, 0.25) is 0 Å². The predicted octanol–water partition coefficient (Wildman–Crippen LogP) is 1.07. The molecule has 2 rings (SSSR count). The smallest absolute Gasteiger partial charge is 0.252 e. The summed E-state index contributed by atoms with van der Waals surface area (Å²) in [6, 6.07) is 3.29. The number of anilines is 1. The number of nitrogens with two attached hydrogens (primary N) is 1. The summed E-state index contributed by atoms with van der Waals surface area (Å²) in [5.74, 6) is 0.298. The van der Waals surface area contributed by atoms with Gasteiger partial charge in [-0.1, -0.05) is 0 Å². The number of unbranched alkanes of at least 4 members (excludes halogenated alkanes) is 1. The first-order valence-corrected chi connectivity index (χ1v) is 6.21. The molecule has 0 unspecified atom stereocenters. The average molecular weight is 259 g/mol. The van der Waals surface area contributed by atoms with E-state index in [4.69, 9.17) is 5.73 Å². The molecule has 0 atom stereocenters. The van der Waals surface area contributed by atoms with Crippen LogP contribution in [0.4, 0.5) is 5.82 Å². The molecular formula is C13H17N5O. The van der Waals surface area contributed by atoms with Gasteiger partial charge in [0.05, 0.1) is 11.9 Å². The molecule has 0 saturated heterocycles. The van der Waals surface area contributed by atoms with Crippen LogP contribution in [-0.4, -0.2) is 27.0 Å². The molecule has 6 heteroatoms. The number of imidazole rings is 1. The van der Waals surface area contributed by atoms with Gasteiger partial charge < -0.3 is 15.6 Å². The van der Waals surface area contributed by atoms with Crippen molar-refractivity contribution in [3.8, 4) is 0 Å². The van der Waals surface area contributed by atoms with Crippen molar-refractivity contribution in [2.24, 2.45) is 0 Å². The molecule has 0 aliphatic rings. The fourth-order valence-corrected chi connectivity index (χ4v) is 1.68. The van der Waals surface area contributed by atoms with Crippen LogP contribution in [0.15, 0.2) is 37.1 Å². The van der Waals surface area contributed by atoms with Gasteiger partial charge in [-0.05, 0) is 25.0 Å². The van der Waals surface area contributed by atoms with Crippen LogP contribution < -0.4 is 11.1 Å². The van der Waals surface area contributed by atoms with Crippen molar-refractivity contribution in [2.75, 3.05) is 12.3 Å². The Morgan fingerprint density at radius 1 is 1.37 bits per heavy atom. The molecule has 0 aliphatic carbocycles. The van der Waals surface area contributed by atoms with Crippen LogP contribution in [0.1, 0.15) is 23.2 Å². The molecular weight excluding hydrogens is 242 g/mol. The standard InChI is InChI=1S/C13H17N5O/c14-12-4-3-11(9-17-12)13(19)16-5-1-2-7-18-8-6-15-10-18/h3-4,6,8-10H,1-2,5,7H2,(H2,14,17)(H,16,19). The summed E-state index contributed by atoms with van der Waals surface area (Å²) < 4.78 is 2.02. The van der Waals surface area contributed by atoms with Gasteiger partial charge in [0.2, 0.25) is 0 Å². The van der Waals surface area contributed by atoms with E-state index >= 15 is 0 Å². The third kappa shape index (κ3) is 4.09. The van der Waals surface area contributed by atoms with E-state index in [-0.39, 0.29) is 5.91 Å². The summed E-state index contributed by atoms with van der Waals surface area (Å²) in [6.07, 6.45) is 8.88. The molecule has 0 aliphatic heterocycles. The summed E-state index contributed by atoms with van der Waals surface area (Å²) in [4.78, 5) is 19.6. The average Bonchev–Trinajstić information content (AvgIpc) is 2.92. The van der Waals surface area contributed by atoms with Crippen molar-refractivity contribution in [1.82, 2.24) is 19.9 Å². The SMILES string of the molecule is Nc1ccc(C(=O)NCCCCn2ccnc2)cn1. The number of amides is 1. The molecule has 0 aromatic carbocycles. The molecule has 100 valence electrons. The second-order valence-electron chi connectivity index (χ2n) is 4.24. The molecule has 0 radical (unpaired) electrons. The topological polar surface area (TPSA) is 85.8 Å². The number of nitrogens with zero attached hydrogens (tertiary/aromatic N) is 3. The van der Waals surface area contributed by atoms with Crippen molar-refractivity contribution in [3.05, 3.63) is 42.6 Å². The molecule has 19 heavy (non-hydrogen) atoms. The van der Waals surface area contributed by atoms with Crippen LogP contribution in [-0.2, 0) is 6.54 Å². The Bertz CT molecular complexity index is 506. The number of carbonyl (C=O) groups is 1. The number of hydrogen-bond donors (Lipinski definition) is 2. The van der Waals surface area contributed by atoms with E-state index in [0.717, 1.165) is 19.4 Å². The van der Waals surface area contributed by atoms with Crippen molar-refractivity contribution >= 4 is 11.7 Å². The van der Waals surface area contributed by atoms with Crippen molar-refractivity contribution < 1.29 is 4.79 Å². The van der Waals surface area contributed by atoms with Crippen LogP contribution in [0.25, 0.3) is 0 Å². The molecule has 0 saturated carbocycles. The lowest BCUT2D eigenvalue weighted by Crippen LogP contribution is -2.24. The zero-order valence-electron chi connectivity index (χ0n) is 10.6. The van der Waals surface area contributed by atoms with Gasteiger partial charge in [0.15, 0.2) is 0 Å². The molecule has 0 spiro atoms. The molecule has 2 heterocycles. The van der Waals surface area contributed by atoms with E-state index in [1.54, 1.807) is 24.7 Å². The summed E-state index contributed by atoms with van der Waals surface area (Å²) in [5.41, 5.74) is 5.99. The van der Waals surface area contributed by atoms with E-state index in [1.165, 1.54) is 6.20 Å². The minimum absolute atomic E-state index is 0.116. The van der Waals surface area contributed by atoms with E-state index in [0.29, 0.717) is 17.9 Å². The van der Waals surface area contributed by atoms with Gasteiger partial charge in [0, 0.05) is 31.7 Å². The van der Waals surface area contributed by atoms with Crippen molar-refractivity contribution in [3.63, 3.8) is 0 Å². The maximum Gasteiger partial charge on any atom is 0.252 e. The van der Waals surface area contributed by atoms with Gasteiger partial charge in [-0.15, -0.1) is 0 Å². The molecule has 2 aromatic rings. The fraction of sp³-hybridized carbons (Fsp3) is 0.308. The first-order valence-electron chi connectivity index (χ1n) is 6.21. The second kappa shape index (κ2) is 6.53. The largest absolute Gasteiger partial charge is 0.384 e. The number of carbonyl (C=O) groups excluding carboxylic acids is 1. The Morgan fingerprint density at radius 3 is 2.95 bits per heavy atom. The van der Waals surface area contributed by atoms with E-state index in [9.17, 15) is 4.79 Å². The number of nitrogens with one attached hydrogen (secondary N) is 1. The maximum atomic E-state index is 11.7. The van der Waals surface area contributed by atoms with Gasteiger partial charge in [0.1, 0.15) is 5.82 Å². The van der Waals surface area contributed by atoms with Gasteiger partial charge >= 0.3 is 0 Å². The van der Waals surface area contributed by atoms with Gasteiger partial charge in [0.25, 0.3) is 5.91 Å². The lowest BCUT2D eigenvalue weighted by molar-refractivity contribution is 0.0952. The highest BCUT2D eigenvalue weighted by Crippen LogP contribution is 2.01. The third-order valence-corrected chi connectivity index (χ3v) is 2.74. The van der Waals surface area contributed by atoms with Crippen LogP contribution in [0.5, 0.6) is 0 Å². The number of hydrogen-bond acceptors (Lipinski definition) is 4. The van der Waals surface area contributed by atoms with E-state index in [1.807, 2.05) is 10.8 Å². The van der Waals surface area contributed by atoms with Crippen molar-refractivity contribution in [2.45, 2.75) is 19.4 Å². The fourth-order valence-electron chi connectivity index (χ4n) is 1.68. The third-order valence-electron chi connectivity index (χ3n) is 2.74.